The van der Waals surface area contributed by atoms with Crippen LogP contribution in [0.2, 0.25) is 0 Å². The number of thiophene rings is 1. The zero-order valence-electron chi connectivity index (χ0n) is 14.0. The summed E-state index contributed by atoms with van der Waals surface area (Å²) in [5.74, 6) is 1.41. The van der Waals surface area contributed by atoms with Gasteiger partial charge in [0.2, 0.25) is 0 Å². The third kappa shape index (κ3) is 3.53. The zero-order chi connectivity index (χ0) is 17.1. The van der Waals surface area contributed by atoms with Crippen LogP contribution < -0.4 is 10.6 Å². The summed E-state index contributed by atoms with van der Waals surface area (Å²) < 4.78 is 5.34. The first-order chi connectivity index (χ1) is 11.6. The second-order valence-electron chi connectivity index (χ2n) is 6.46. The monoisotopic (exact) mass is 344 g/mol. The number of carbonyl (C=O) groups is 1. The van der Waals surface area contributed by atoms with Crippen LogP contribution in [0.15, 0.2) is 22.8 Å². The van der Waals surface area contributed by atoms with Gasteiger partial charge in [0, 0.05) is 4.88 Å². The molecule has 2 aromatic heterocycles. The van der Waals surface area contributed by atoms with E-state index in [0.717, 1.165) is 30.6 Å². The van der Waals surface area contributed by atoms with E-state index >= 15 is 0 Å². The summed E-state index contributed by atoms with van der Waals surface area (Å²) in [6, 6.07) is 6.11. The number of carbonyl (C=O) groups excluding carboxylic acids is 1. The van der Waals surface area contributed by atoms with Crippen LogP contribution >= 0.6 is 11.3 Å². The van der Waals surface area contributed by atoms with Crippen LogP contribution in [0.25, 0.3) is 0 Å². The molecule has 1 aliphatic rings. The number of hydrogen-bond donors (Lipinski definition) is 2. The van der Waals surface area contributed by atoms with Crippen molar-refractivity contribution in [2.75, 3.05) is 11.9 Å². The number of furan rings is 1. The van der Waals surface area contributed by atoms with Crippen molar-refractivity contribution in [1.82, 2.24) is 0 Å². The summed E-state index contributed by atoms with van der Waals surface area (Å²) in [6.45, 7) is 4.53. The number of amides is 1. The molecule has 2 heterocycles. The van der Waals surface area contributed by atoms with Gasteiger partial charge >= 0.3 is 0 Å². The van der Waals surface area contributed by atoms with E-state index in [4.69, 9.17) is 4.42 Å². The van der Waals surface area contributed by atoms with Gasteiger partial charge in [-0.05, 0) is 49.8 Å². The molecule has 0 fully saturated rings. The zero-order valence-corrected chi connectivity index (χ0v) is 14.8. The molecular formula is C18H22N3O2S+. The molecule has 5 nitrogen and oxygen atoms in total. The summed E-state index contributed by atoms with van der Waals surface area (Å²) in [6.07, 6.45) is 4.69. The van der Waals surface area contributed by atoms with Crippen molar-refractivity contribution < 1.29 is 14.5 Å². The van der Waals surface area contributed by atoms with E-state index in [0.29, 0.717) is 23.0 Å². The molecule has 6 heteroatoms. The first-order valence-electron chi connectivity index (χ1n) is 8.29. The van der Waals surface area contributed by atoms with Gasteiger partial charge in [0.05, 0.1) is 11.8 Å². The minimum Gasteiger partial charge on any atom is -0.463 e. The normalized spacial score (nSPS) is 17.8. The number of nitriles is 1. The van der Waals surface area contributed by atoms with Gasteiger partial charge in [0.15, 0.2) is 12.3 Å². The molecule has 126 valence electrons. The second kappa shape index (κ2) is 7.20. The average Bonchev–Trinajstić information content (AvgIpc) is 3.19. The molecule has 0 spiro atoms. The van der Waals surface area contributed by atoms with E-state index in [9.17, 15) is 10.1 Å². The van der Waals surface area contributed by atoms with Crippen LogP contribution in [-0.2, 0) is 17.6 Å². The maximum atomic E-state index is 12.3. The Balaban J connectivity index is 1.63. The molecule has 3 N–H and O–H groups in total. The molecule has 1 aliphatic carbocycles. The lowest BCUT2D eigenvalue weighted by Gasteiger charge is -2.17. The van der Waals surface area contributed by atoms with E-state index in [2.05, 4.69) is 18.3 Å². The standard InChI is InChI=1S/C18H21N3O2S/c1-11-5-6-13-14(9-19)18(24-16(13)8-11)21-17(22)10-20-12(2)15-4-3-7-23-15/h3-4,7,11-12,20H,5-6,8,10H2,1-2H3,(H,21,22)/p+1/t11-,12-/m0/s1. The predicted molar refractivity (Wildman–Crippen MR) is 92.8 cm³/mol. The Bertz CT molecular complexity index is 758. The maximum absolute atomic E-state index is 12.3. The highest BCUT2D eigenvalue weighted by Gasteiger charge is 2.25. The van der Waals surface area contributed by atoms with Crippen molar-refractivity contribution in [3.8, 4) is 6.07 Å². The summed E-state index contributed by atoms with van der Waals surface area (Å²) in [5.41, 5.74) is 1.80. The van der Waals surface area contributed by atoms with Gasteiger partial charge in [-0.15, -0.1) is 11.3 Å². The number of rotatable bonds is 5. The molecule has 24 heavy (non-hydrogen) atoms. The van der Waals surface area contributed by atoms with E-state index in [-0.39, 0.29) is 11.9 Å². The Hall–Kier alpha value is -2.10. The first kappa shape index (κ1) is 16.7. The minimum absolute atomic E-state index is 0.0820. The first-order valence-corrected chi connectivity index (χ1v) is 9.11. The number of nitrogens with zero attached hydrogens (tertiary/aromatic N) is 1. The Morgan fingerprint density at radius 1 is 1.62 bits per heavy atom. The summed E-state index contributed by atoms with van der Waals surface area (Å²) in [4.78, 5) is 13.5. The van der Waals surface area contributed by atoms with Gasteiger partial charge in [0.25, 0.3) is 5.91 Å². The van der Waals surface area contributed by atoms with Crippen molar-refractivity contribution in [2.45, 2.75) is 39.2 Å². The largest absolute Gasteiger partial charge is 0.463 e. The molecule has 0 bridgehead atoms. The molecule has 1 amide bonds. The van der Waals surface area contributed by atoms with Crippen LogP contribution in [0.4, 0.5) is 5.00 Å². The van der Waals surface area contributed by atoms with Crippen LogP contribution in [0.1, 0.15) is 48.1 Å². The highest BCUT2D eigenvalue weighted by molar-refractivity contribution is 7.16. The number of anilines is 1. The molecule has 0 radical (unpaired) electrons. The fourth-order valence-corrected chi connectivity index (χ4v) is 4.46. The van der Waals surface area contributed by atoms with Crippen LogP contribution in [0.3, 0.4) is 0 Å². The molecule has 3 rings (SSSR count). The van der Waals surface area contributed by atoms with E-state index < -0.39 is 0 Å². The lowest BCUT2D eigenvalue weighted by Crippen LogP contribution is -2.86. The molecule has 2 atom stereocenters. The fraction of sp³-hybridized carbons (Fsp3) is 0.444. The van der Waals surface area contributed by atoms with Crippen molar-refractivity contribution >= 4 is 22.2 Å². The molecular weight excluding hydrogens is 322 g/mol. The predicted octanol–water partition coefficient (Wildman–Crippen LogP) is 2.60. The molecule has 0 aromatic carbocycles. The Morgan fingerprint density at radius 2 is 2.46 bits per heavy atom. The van der Waals surface area contributed by atoms with Gasteiger partial charge in [-0.3, -0.25) is 4.79 Å². The minimum atomic E-state index is -0.0865. The molecule has 0 saturated heterocycles. The number of fused-ring (bicyclic) bond motifs is 1. The second-order valence-corrected chi connectivity index (χ2v) is 7.56. The van der Waals surface area contributed by atoms with Gasteiger partial charge < -0.3 is 15.1 Å². The molecule has 0 aliphatic heterocycles. The van der Waals surface area contributed by atoms with Crippen molar-refractivity contribution in [3.05, 3.63) is 40.2 Å². The van der Waals surface area contributed by atoms with Gasteiger partial charge in [0.1, 0.15) is 17.1 Å². The Kier molecular flexibility index (Phi) is 5.03. The summed E-state index contributed by atoms with van der Waals surface area (Å²) in [7, 11) is 0. The van der Waals surface area contributed by atoms with E-state index in [1.165, 1.54) is 4.88 Å². The third-order valence-corrected chi connectivity index (χ3v) is 5.69. The maximum Gasteiger partial charge on any atom is 0.280 e. The molecule has 0 saturated carbocycles. The highest BCUT2D eigenvalue weighted by atomic mass is 32.1. The molecule has 2 aromatic rings. The Labute approximate surface area is 145 Å². The summed E-state index contributed by atoms with van der Waals surface area (Å²) >= 11 is 1.56. The van der Waals surface area contributed by atoms with E-state index in [1.807, 2.05) is 24.4 Å². The number of hydrogen-bond acceptors (Lipinski definition) is 4. The van der Waals surface area contributed by atoms with Crippen LogP contribution in [-0.4, -0.2) is 12.5 Å². The molecule has 0 unspecified atom stereocenters. The van der Waals surface area contributed by atoms with Crippen molar-refractivity contribution in [2.24, 2.45) is 5.92 Å². The van der Waals surface area contributed by atoms with E-state index in [1.54, 1.807) is 17.6 Å². The Morgan fingerprint density at radius 3 is 3.17 bits per heavy atom. The van der Waals surface area contributed by atoms with Crippen LogP contribution in [0.5, 0.6) is 0 Å². The average molecular weight is 344 g/mol. The van der Waals surface area contributed by atoms with Crippen LogP contribution in [0, 0.1) is 17.2 Å². The SMILES string of the molecule is C[C@H]1CCc2c(sc(NC(=O)C[NH2+][C@@H](C)c3ccco3)c2C#N)C1. The summed E-state index contributed by atoms with van der Waals surface area (Å²) in [5, 5.41) is 15.0. The van der Waals surface area contributed by atoms with Crippen molar-refractivity contribution in [1.29, 1.82) is 5.26 Å². The van der Waals surface area contributed by atoms with Crippen molar-refractivity contribution in [3.63, 3.8) is 0 Å². The number of nitrogens with one attached hydrogen (secondary N) is 1. The quantitative estimate of drug-likeness (QED) is 0.874. The highest BCUT2D eigenvalue weighted by Crippen LogP contribution is 2.39. The number of quaternary nitrogens is 1. The fourth-order valence-electron chi connectivity index (χ4n) is 3.09. The van der Waals surface area contributed by atoms with Gasteiger partial charge in [-0.2, -0.15) is 5.26 Å². The lowest BCUT2D eigenvalue weighted by atomic mass is 9.89. The topological polar surface area (TPSA) is 82.6 Å². The third-order valence-electron chi connectivity index (χ3n) is 4.53. The van der Waals surface area contributed by atoms with Gasteiger partial charge in [-0.25, -0.2) is 0 Å². The van der Waals surface area contributed by atoms with Gasteiger partial charge in [-0.1, -0.05) is 6.92 Å². The smallest absolute Gasteiger partial charge is 0.280 e. The number of nitrogens with two attached hydrogens (primary N) is 1. The lowest BCUT2D eigenvalue weighted by molar-refractivity contribution is -0.684.